The van der Waals surface area contributed by atoms with Crippen LogP contribution in [0.2, 0.25) is 0 Å². The highest BCUT2D eigenvalue weighted by Crippen LogP contribution is 2.32. The van der Waals surface area contributed by atoms with Gasteiger partial charge in [0.2, 0.25) is 0 Å². The van der Waals surface area contributed by atoms with E-state index < -0.39 is 0 Å². The summed E-state index contributed by atoms with van der Waals surface area (Å²) in [4.78, 5) is 5.27. The average molecular weight is 271 g/mol. The third-order valence-electron chi connectivity index (χ3n) is 2.95. The quantitative estimate of drug-likeness (QED) is 0.841. The highest BCUT2D eigenvalue weighted by Gasteiger charge is 2.12. The van der Waals surface area contributed by atoms with Crippen LogP contribution in [0.5, 0.6) is 5.75 Å². The molecule has 98 valence electrons. The maximum absolute atomic E-state index is 5.86. The van der Waals surface area contributed by atoms with Crippen molar-refractivity contribution >= 4 is 18.7 Å². The highest BCUT2D eigenvalue weighted by molar-refractivity contribution is 7.80. The number of rotatable bonds is 4. The lowest BCUT2D eigenvalue weighted by Crippen LogP contribution is -2.02. The predicted octanol–water partition coefficient (Wildman–Crippen LogP) is 4.21. The minimum atomic E-state index is 0.510. The van der Waals surface area contributed by atoms with E-state index in [9.17, 15) is 0 Å². The van der Waals surface area contributed by atoms with Gasteiger partial charge in [-0.2, -0.15) is 0 Å². The Balaban J connectivity index is 2.28. The normalized spacial score (nSPS) is 10.3. The molecular weight excluding hydrogens is 254 g/mol. The van der Waals surface area contributed by atoms with Gasteiger partial charge in [0, 0.05) is 11.3 Å². The van der Waals surface area contributed by atoms with Crippen LogP contribution >= 0.6 is 12.6 Å². The fraction of sp³-hybridized carbons (Fsp3) is 0.188. The van der Waals surface area contributed by atoms with Crippen molar-refractivity contribution in [3.8, 4) is 5.75 Å². The van der Waals surface area contributed by atoms with E-state index in [0.717, 1.165) is 33.2 Å². The lowest BCUT2D eigenvalue weighted by atomic mass is 10.1. The monoisotopic (exact) mass is 271 g/mol. The van der Waals surface area contributed by atoms with Gasteiger partial charge in [0.15, 0.2) is 5.75 Å². The molecule has 2 rings (SSSR count). The molecule has 1 aromatic carbocycles. The summed E-state index contributed by atoms with van der Waals surface area (Å²) in [5.41, 5.74) is 3.82. The van der Waals surface area contributed by atoms with Crippen LogP contribution in [-0.2, 0) is 6.61 Å². The van der Waals surface area contributed by atoms with E-state index in [2.05, 4.69) is 24.2 Å². The van der Waals surface area contributed by atoms with Gasteiger partial charge >= 0.3 is 0 Å². The molecule has 2 nitrogen and oxygen atoms in total. The molecule has 19 heavy (non-hydrogen) atoms. The summed E-state index contributed by atoms with van der Waals surface area (Å²) < 4.78 is 5.86. The van der Waals surface area contributed by atoms with Crippen LogP contribution in [0.15, 0.2) is 41.8 Å². The molecule has 0 N–H and O–H groups in total. The highest BCUT2D eigenvalue weighted by atomic mass is 32.1. The number of aromatic nitrogens is 1. The number of pyridine rings is 1. The number of ether oxygens (including phenoxy) is 1. The van der Waals surface area contributed by atoms with Crippen molar-refractivity contribution in [3.63, 3.8) is 0 Å². The number of thiol groups is 1. The van der Waals surface area contributed by atoms with Crippen LogP contribution in [-0.4, -0.2) is 4.98 Å². The van der Waals surface area contributed by atoms with Gasteiger partial charge in [0.1, 0.15) is 6.61 Å². The molecule has 0 saturated heterocycles. The maximum Gasteiger partial charge on any atom is 0.154 e. The van der Waals surface area contributed by atoms with Gasteiger partial charge in [-0.3, -0.25) is 4.98 Å². The fourth-order valence-electron chi connectivity index (χ4n) is 1.97. The van der Waals surface area contributed by atoms with Gasteiger partial charge in [0.25, 0.3) is 0 Å². The Kier molecular flexibility index (Phi) is 4.27. The van der Waals surface area contributed by atoms with Gasteiger partial charge in [-0.05, 0) is 19.4 Å². The number of aryl methyl sites for hydroxylation is 2. The molecule has 0 aliphatic heterocycles. The summed E-state index contributed by atoms with van der Waals surface area (Å²) in [5.74, 6) is 0.729. The van der Waals surface area contributed by atoms with Crippen molar-refractivity contribution in [2.24, 2.45) is 0 Å². The summed E-state index contributed by atoms with van der Waals surface area (Å²) >= 11 is 4.54. The molecule has 0 amide bonds. The zero-order valence-electron chi connectivity index (χ0n) is 11.2. The first-order valence-electron chi connectivity index (χ1n) is 6.12. The standard InChI is InChI=1S/C16H17NOS/c1-4-14-11(2)17-12(3)15(16(14)19)18-10-13-8-6-5-7-9-13/h4-9H,1,10H2,2-3H3,(H,17,19). The molecule has 0 radical (unpaired) electrons. The lowest BCUT2D eigenvalue weighted by Gasteiger charge is -2.14. The van der Waals surface area contributed by atoms with Crippen molar-refractivity contribution < 1.29 is 4.74 Å². The Morgan fingerprint density at radius 1 is 1.21 bits per heavy atom. The van der Waals surface area contributed by atoms with Crippen LogP contribution in [0.3, 0.4) is 0 Å². The van der Waals surface area contributed by atoms with E-state index in [4.69, 9.17) is 4.74 Å². The first-order chi connectivity index (χ1) is 9.13. The fourth-order valence-corrected chi connectivity index (χ4v) is 2.45. The Morgan fingerprint density at radius 2 is 1.89 bits per heavy atom. The topological polar surface area (TPSA) is 22.1 Å². The second-order valence-corrected chi connectivity index (χ2v) is 4.80. The molecule has 0 saturated carbocycles. The molecule has 1 aromatic heterocycles. The van der Waals surface area contributed by atoms with E-state index in [0.29, 0.717) is 6.61 Å². The smallest absolute Gasteiger partial charge is 0.154 e. The van der Waals surface area contributed by atoms with E-state index >= 15 is 0 Å². The van der Waals surface area contributed by atoms with E-state index in [1.54, 1.807) is 6.08 Å². The van der Waals surface area contributed by atoms with Gasteiger partial charge in [-0.1, -0.05) is 43.0 Å². The molecule has 2 aromatic rings. The molecule has 0 bridgehead atoms. The van der Waals surface area contributed by atoms with Crippen molar-refractivity contribution in [1.29, 1.82) is 0 Å². The van der Waals surface area contributed by atoms with E-state index in [1.807, 2.05) is 44.2 Å². The summed E-state index contributed by atoms with van der Waals surface area (Å²) in [6, 6.07) is 10.0. The third-order valence-corrected chi connectivity index (χ3v) is 3.40. The molecule has 0 spiro atoms. The molecule has 0 atom stereocenters. The second kappa shape index (κ2) is 5.93. The largest absolute Gasteiger partial charge is 0.486 e. The first-order valence-corrected chi connectivity index (χ1v) is 6.57. The van der Waals surface area contributed by atoms with Gasteiger partial charge in [-0.25, -0.2) is 0 Å². The molecule has 1 heterocycles. The van der Waals surface area contributed by atoms with Crippen LogP contribution in [0.4, 0.5) is 0 Å². The van der Waals surface area contributed by atoms with E-state index in [-0.39, 0.29) is 0 Å². The van der Waals surface area contributed by atoms with Crippen LogP contribution < -0.4 is 4.74 Å². The average Bonchev–Trinajstić information content (AvgIpc) is 2.39. The third kappa shape index (κ3) is 2.99. The molecule has 0 fully saturated rings. The van der Waals surface area contributed by atoms with E-state index in [1.165, 1.54) is 0 Å². The van der Waals surface area contributed by atoms with Crippen molar-refractivity contribution in [2.75, 3.05) is 0 Å². The van der Waals surface area contributed by atoms with Crippen molar-refractivity contribution in [1.82, 2.24) is 4.98 Å². The number of nitrogens with zero attached hydrogens (tertiary/aromatic N) is 1. The van der Waals surface area contributed by atoms with Crippen molar-refractivity contribution in [2.45, 2.75) is 25.3 Å². The maximum atomic E-state index is 5.86. The van der Waals surface area contributed by atoms with Gasteiger partial charge < -0.3 is 4.74 Å². The number of hydrogen-bond donors (Lipinski definition) is 1. The Bertz CT molecular complexity index is 593. The first kappa shape index (κ1) is 13.7. The van der Waals surface area contributed by atoms with Crippen LogP contribution in [0.25, 0.3) is 6.08 Å². The number of hydrogen-bond acceptors (Lipinski definition) is 3. The summed E-state index contributed by atoms with van der Waals surface area (Å²) in [7, 11) is 0. The molecule has 0 unspecified atom stereocenters. The molecular formula is C16H17NOS. The zero-order valence-corrected chi connectivity index (χ0v) is 12.1. The molecule has 3 heteroatoms. The Morgan fingerprint density at radius 3 is 2.53 bits per heavy atom. The Labute approximate surface area is 119 Å². The summed E-state index contributed by atoms with van der Waals surface area (Å²) in [6.45, 7) is 8.19. The Hall–Kier alpha value is -1.74. The SMILES string of the molecule is C=Cc1c(C)nc(C)c(OCc2ccccc2)c1S. The lowest BCUT2D eigenvalue weighted by molar-refractivity contribution is 0.295. The summed E-state index contributed by atoms with van der Waals surface area (Å²) in [6.07, 6.45) is 1.76. The minimum Gasteiger partial charge on any atom is -0.486 e. The van der Waals surface area contributed by atoms with Crippen LogP contribution in [0, 0.1) is 13.8 Å². The molecule has 0 aliphatic carbocycles. The zero-order chi connectivity index (χ0) is 13.8. The number of benzene rings is 1. The summed E-state index contributed by atoms with van der Waals surface area (Å²) in [5, 5.41) is 0. The van der Waals surface area contributed by atoms with Crippen LogP contribution in [0.1, 0.15) is 22.5 Å². The second-order valence-electron chi connectivity index (χ2n) is 4.35. The van der Waals surface area contributed by atoms with Gasteiger partial charge in [0.05, 0.1) is 10.6 Å². The minimum absolute atomic E-state index is 0.510. The molecule has 0 aliphatic rings. The van der Waals surface area contributed by atoms with Gasteiger partial charge in [-0.15, -0.1) is 12.6 Å². The predicted molar refractivity (Wildman–Crippen MR) is 81.8 cm³/mol. The van der Waals surface area contributed by atoms with Crippen molar-refractivity contribution in [3.05, 3.63) is 59.4 Å².